The molecular weight excluding hydrogens is 224 g/mol. The number of methoxy groups -OCH3 is 1. The maximum Gasteiger partial charge on any atom is 0.0637 e. The van der Waals surface area contributed by atoms with Crippen LogP contribution in [0, 0.1) is 0 Å². The van der Waals surface area contributed by atoms with Crippen LogP contribution in [0.4, 0.5) is 5.69 Å². The molecule has 0 aliphatic rings. The summed E-state index contributed by atoms with van der Waals surface area (Å²) >= 11 is 0. The second-order valence-corrected chi connectivity index (χ2v) is 4.30. The van der Waals surface area contributed by atoms with Crippen molar-refractivity contribution in [3.05, 3.63) is 42.5 Å². The molecule has 0 radical (unpaired) electrons. The number of hydrogen-bond acceptors (Lipinski definition) is 3. The lowest BCUT2D eigenvalue weighted by molar-refractivity contribution is 0.205. The predicted octanol–water partition coefficient (Wildman–Crippen LogP) is 2.74. The number of ether oxygens (including phenoxy) is 1. The van der Waals surface area contributed by atoms with E-state index in [0.717, 1.165) is 19.5 Å². The molecule has 1 atom stereocenters. The predicted molar refractivity (Wildman–Crippen MR) is 77.9 cm³/mol. The van der Waals surface area contributed by atoms with Crippen LogP contribution < -0.4 is 10.6 Å². The summed E-state index contributed by atoms with van der Waals surface area (Å²) in [6.45, 7) is 8.26. The van der Waals surface area contributed by atoms with Crippen molar-refractivity contribution in [1.29, 1.82) is 0 Å². The minimum Gasteiger partial charge on any atom is -0.383 e. The highest BCUT2D eigenvalue weighted by atomic mass is 16.5. The van der Waals surface area contributed by atoms with Crippen LogP contribution in [-0.4, -0.2) is 26.8 Å². The van der Waals surface area contributed by atoms with Gasteiger partial charge in [-0.05, 0) is 18.1 Å². The fourth-order valence-electron chi connectivity index (χ4n) is 1.98. The first-order valence-corrected chi connectivity index (χ1v) is 6.43. The highest BCUT2D eigenvalue weighted by molar-refractivity contribution is 5.55. The number of hydrogen-bond donors (Lipinski definition) is 1. The Kier molecular flexibility index (Phi) is 6.47. The van der Waals surface area contributed by atoms with Crippen molar-refractivity contribution in [2.45, 2.75) is 19.4 Å². The van der Waals surface area contributed by atoms with Crippen molar-refractivity contribution in [3.63, 3.8) is 0 Å². The van der Waals surface area contributed by atoms with E-state index in [-0.39, 0.29) is 6.04 Å². The van der Waals surface area contributed by atoms with Crippen LogP contribution in [0.3, 0.4) is 0 Å². The van der Waals surface area contributed by atoms with Gasteiger partial charge in [0.2, 0.25) is 0 Å². The molecule has 0 aliphatic heterocycles. The van der Waals surface area contributed by atoms with Crippen LogP contribution >= 0.6 is 0 Å². The average Bonchev–Trinajstić information content (AvgIpc) is 2.42. The first-order valence-electron chi connectivity index (χ1n) is 6.43. The molecule has 0 aromatic heterocycles. The molecule has 0 amide bonds. The molecule has 1 rings (SSSR count). The van der Waals surface area contributed by atoms with Gasteiger partial charge < -0.3 is 15.4 Å². The van der Waals surface area contributed by atoms with Crippen molar-refractivity contribution in [3.8, 4) is 0 Å². The SMILES string of the molecule is C=CCN(CCOC)c1ccccc1C(N)CC. The Hall–Kier alpha value is -1.32. The van der Waals surface area contributed by atoms with E-state index < -0.39 is 0 Å². The Labute approximate surface area is 110 Å². The molecule has 0 bridgehead atoms. The van der Waals surface area contributed by atoms with Gasteiger partial charge in [-0.1, -0.05) is 31.2 Å². The Morgan fingerprint density at radius 2 is 2.17 bits per heavy atom. The molecule has 3 nitrogen and oxygen atoms in total. The van der Waals surface area contributed by atoms with Gasteiger partial charge in [-0.2, -0.15) is 0 Å². The van der Waals surface area contributed by atoms with Gasteiger partial charge in [0, 0.05) is 31.9 Å². The van der Waals surface area contributed by atoms with E-state index in [1.807, 2.05) is 18.2 Å². The molecule has 0 spiro atoms. The lowest BCUT2D eigenvalue weighted by Gasteiger charge is -2.27. The molecule has 18 heavy (non-hydrogen) atoms. The van der Waals surface area contributed by atoms with Crippen LogP contribution in [-0.2, 0) is 4.74 Å². The van der Waals surface area contributed by atoms with E-state index in [0.29, 0.717) is 6.61 Å². The first kappa shape index (κ1) is 14.7. The Bertz CT molecular complexity index is 365. The van der Waals surface area contributed by atoms with Crippen molar-refractivity contribution in [1.82, 2.24) is 0 Å². The van der Waals surface area contributed by atoms with E-state index in [4.69, 9.17) is 10.5 Å². The second kappa shape index (κ2) is 7.90. The molecule has 0 aliphatic carbocycles. The molecule has 0 saturated heterocycles. The molecular formula is C15H24N2O. The summed E-state index contributed by atoms with van der Waals surface area (Å²) in [6, 6.07) is 8.38. The number of nitrogens with two attached hydrogens (primary N) is 1. The Balaban J connectivity index is 2.98. The summed E-state index contributed by atoms with van der Waals surface area (Å²) < 4.78 is 5.16. The molecule has 1 aromatic carbocycles. The van der Waals surface area contributed by atoms with Gasteiger partial charge in [-0.15, -0.1) is 6.58 Å². The fraction of sp³-hybridized carbons (Fsp3) is 0.467. The highest BCUT2D eigenvalue weighted by Crippen LogP contribution is 2.26. The molecule has 2 N–H and O–H groups in total. The van der Waals surface area contributed by atoms with Crippen LogP contribution in [0.25, 0.3) is 0 Å². The lowest BCUT2D eigenvalue weighted by atomic mass is 10.0. The number of nitrogens with zero attached hydrogens (tertiary/aromatic N) is 1. The van der Waals surface area contributed by atoms with Gasteiger partial charge in [0.25, 0.3) is 0 Å². The summed E-state index contributed by atoms with van der Waals surface area (Å²) in [6.07, 6.45) is 2.84. The van der Waals surface area contributed by atoms with Gasteiger partial charge in [-0.25, -0.2) is 0 Å². The Morgan fingerprint density at radius 3 is 2.78 bits per heavy atom. The van der Waals surface area contributed by atoms with E-state index in [2.05, 4.69) is 30.5 Å². The monoisotopic (exact) mass is 248 g/mol. The molecule has 0 heterocycles. The molecule has 100 valence electrons. The summed E-state index contributed by atoms with van der Waals surface area (Å²) in [7, 11) is 1.72. The zero-order chi connectivity index (χ0) is 13.4. The highest BCUT2D eigenvalue weighted by Gasteiger charge is 2.13. The number of para-hydroxylation sites is 1. The van der Waals surface area contributed by atoms with Crippen LogP contribution in [0.2, 0.25) is 0 Å². The van der Waals surface area contributed by atoms with E-state index in [1.165, 1.54) is 11.3 Å². The summed E-state index contributed by atoms with van der Waals surface area (Å²) in [5.74, 6) is 0. The van der Waals surface area contributed by atoms with Gasteiger partial charge in [0.1, 0.15) is 0 Å². The molecule has 0 fully saturated rings. The first-order chi connectivity index (χ1) is 8.74. The second-order valence-electron chi connectivity index (χ2n) is 4.30. The van der Waals surface area contributed by atoms with Crippen molar-refractivity contribution < 1.29 is 4.74 Å². The summed E-state index contributed by atoms with van der Waals surface area (Å²) in [5, 5.41) is 0. The van der Waals surface area contributed by atoms with Crippen molar-refractivity contribution in [2.75, 3.05) is 31.7 Å². The van der Waals surface area contributed by atoms with Gasteiger partial charge >= 0.3 is 0 Å². The van der Waals surface area contributed by atoms with E-state index in [1.54, 1.807) is 7.11 Å². The van der Waals surface area contributed by atoms with Crippen molar-refractivity contribution >= 4 is 5.69 Å². The van der Waals surface area contributed by atoms with Crippen LogP contribution in [0.1, 0.15) is 24.9 Å². The molecule has 1 aromatic rings. The lowest BCUT2D eigenvalue weighted by Crippen LogP contribution is -2.29. The number of rotatable bonds is 8. The third-order valence-corrected chi connectivity index (χ3v) is 3.03. The maximum absolute atomic E-state index is 6.17. The fourth-order valence-corrected chi connectivity index (χ4v) is 1.98. The van der Waals surface area contributed by atoms with E-state index >= 15 is 0 Å². The van der Waals surface area contributed by atoms with Crippen molar-refractivity contribution in [2.24, 2.45) is 5.73 Å². The molecule has 1 unspecified atom stereocenters. The molecule has 0 saturated carbocycles. The third kappa shape index (κ3) is 3.86. The zero-order valence-corrected chi connectivity index (χ0v) is 11.4. The van der Waals surface area contributed by atoms with E-state index in [9.17, 15) is 0 Å². The minimum atomic E-state index is 0.0797. The smallest absolute Gasteiger partial charge is 0.0637 e. The normalized spacial score (nSPS) is 12.2. The Morgan fingerprint density at radius 1 is 1.44 bits per heavy atom. The third-order valence-electron chi connectivity index (χ3n) is 3.03. The quantitative estimate of drug-likeness (QED) is 0.719. The number of anilines is 1. The summed E-state index contributed by atoms with van der Waals surface area (Å²) in [5.41, 5.74) is 8.55. The maximum atomic E-state index is 6.17. The van der Waals surface area contributed by atoms with Gasteiger partial charge in [0.05, 0.1) is 6.61 Å². The molecule has 3 heteroatoms. The van der Waals surface area contributed by atoms with Gasteiger partial charge in [0.15, 0.2) is 0 Å². The largest absolute Gasteiger partial charge is 0.383 e. The average molecular weight is 248 g/mol. The van der Waals surface area contributed by atoms with Gasteiger partial charge in [-0.3, -0.25) is 0 Å². The summed E-state index contributed by atoms with van der Waals surface area (Å²) in [4.78, 5) is 2.25. The van der Waals surface area contributed by atoms with Crippen LogP contribution in [0.5, 0.6) is 0 Å². The number of benzene rings is 1. The minimum absolute atomic E-state index is 0.0797. The zero-order valence-electron chi connectivity index (χ0n) is 11.4. The topological polar surface area (TPSA) is 38.5 Å². The standard InChI is InChI=1S/C15H24N2O/c1-4-10-17(11-12-18-3)15-9-7-6-8-13(15)14(16)5-2/h4,6-9,14H,1,5,10-12,16H2,2-3H3. The van der Waals surface area contributed by atoms with Crippen LogP contribution in [0.15, 0.2) is 36.9 Å².